The minimum atomic E-state index is -0.922. The Hall–Kier alpha value is -4.91. The van der Waals surface area contributed by atoms with Crippen molar-refractivity contribution in [2.24, 2.45) is 0 Å². The predicted molar refractivity (Wildman–Crippen MR) is 156 cm³/mol. The quantitative estimate of drug-likeness (QED) is 0.302. The molecule has 1 N–H and O–H groups in total. The molecule has 7 heteroatoms. The first kappa shape index (κ1) is 27.6. The third-order valence-electron chi connectivity index (χ3n) is 7.29. The number of carbonyl (C=O) groups is 3. The largest absolute Gasteiger partial charge is 0.467 e. The van der Waals surface area contributed by atoms with Crippen LogP contribution in [0.5, 0.6) is 0 Å². The van der Waals surface area contributed by atoms with E-state index in [0.29, 0.717) is 6.42 Å². The summed E-state index contributed by atoms with van der Waals surface area (Å²) in [5.74, 6) is -0.993. The molecule has 0 spiro atoms. The van der Waals surface area contributed by atoms with E-state index in [1.165, 1.54) is 12.0 Å². The number of methoxy groups -OCH3 is 1. The SMILES string of the molecule is COC(=O)[C@H](Cc1ccc(-c2ccccc2)cc1)NC(=O)[C@@H]1Cc2ccccc2CN1C(=O)OCc1ccccc1. The maximum Gasteiger partial charge on any atom is 0.411 e. The Kier molecular flexibility index (Phi) is 8.74. The van der Waals surface area contributed by atoms with Crippen molar-refractivity contribution in [1.82, 2.24) is 10.2 Å². The molecule has 0 saturated heterocycles. The molecule has 0 radical (unpaired) electrons. The fourth-order valence-electron chi connectivity index (χ4n) is 5.05. The van der Waals surface area contributed by atoms with Gasteiger partial charge in [-0.15, -0.1) is 0 Å². The topological polar surface area (TPSA) is 84.9 Å². The van der Waals surface area contributed by atoms with Crippen LogP contribution >= 0.6 is 0 Å². The molecule has 4 aromatic rings. The normalized spacial score (nSPS) is 14.9. The second-order valence-electron chi connectivity index (χ2n) is 10.0. The highest BCUT2D eigenvalue weighted by Gasteiger charge is 2.37. The molecule has 5 rings (SSSR count). The van der Waals surface area contributed by atoms with Crippen LogP contribution < -0.4 is 5.32 Å². The van der Waals surface area contributed by atoms with Crippen molar-refractivity contribution >= 4 is 18.0 Å². The lowest BCUT2D eigenvalue weighted by atomic mass is 9.93. The molecule has 0 fully saturated rings. The van der Waals surface area contributed by atoms with Crippen molar-refractivity contribution in [2.75, 3.05) is 7.11 Å². The van der Waals surface area contributed by atoms with Crippen LogP contribution in [0.2, 0.25) is 0 Å². The zero-order valence-corrected chi connectivity index (χ0v) is 22.9. The van der Waals surface area contributed by atoms with Crippen molar-refractivity contribution in [3.63, 3.8) is 0 Å². The second-order valence-corrected chi connectivity index (χ2v) is 10.0. The number of nitrogens with zero attached hydrogens (tertiary/aromatic N) is 1. The van der Waals surface area contributed by atoms with Gasteiger partial charge in [0.05, 0.1) is 13.7 Å². The Balaban J connectivity index is 1.32. The Bertz CT molecular complexity index is 1490. The van der Waals surface area contributed by atoms with E-state index in [2.05, 4.69) is 5.32 Å². The Morgan fingerprint density at radius 2 is 1.39 bits per heavy atom. The summed E-state index contributed by atoms with van der Waals surface area (Å²) in [5.41, 5.74) is 5.80. The summed E-state index contributed by atoms with van der Waals surface area (Å²) in [7, 11) is 1.30. The highest BCUT2D eigenvalue weighted by molar-refractivity contribution is 5.90. The van der Waals surface area contributed by atoms with Crippen molar-refractivity contribution < 1.29 is 23.9 Å². The first-order chi connectivity index (χ1) is 20.0. The maximum atomic E-state index is 13.7. The monoisotopic (exact) mass is 548 g/mol. The van der Waals surface area contributed by atoms with Crippen LogP contribution in [0.15, 0.2) is 109 Å². The summed E-state index contributed by atoms with van der Waals surface area (Å²) in [6.45, 7) is 0.321. The number of fused-ring (bicyclic) bond motifs is 1. The smallest absolute Gasteiger partial charge is 0.411 e. The molecule has 1 aliphatic rings. The fraction of sp³-hybridized carbons (Fsp3) is 0.206. The first-order valence-electron chi connectivity index (χ1n) is 13.6. The molecule has 1 aliphatic heterocycles. The number of amides is 2. The van der Waals surface area contributed by atoms with Gasteiger partial charge in [-0.05, 0) is 33.4 Å². The molecule has 208 valence electrons. The molecule has 4 aromatic carbocycles. The van der Waals surface area contributed by atoms with Gasteiger partial charge >= 0.3 is 12.1 Å². The number of ether oxygens (including phenoxy) is 2. The molecular formula is C34H32N2O5. The van der Waals surface area contributed by atoms with Gasteiger partial charge in [0.1, 0.15) is 18.7 Å². The average molecular weight is 549 g/mol. The standard InChI is InChI=1S/C34H32N2O5/c1-40-33(38)30(20-24-16-18-27(19-17-24)26-12-6-3-7-13-26)35-32(37)31-21-28-14-8-9-15-29(28)22-36(31)34(39)41-23-25-10-4-2-5-11-25/h2-19,30-31H,20-23H2,1H3,(H,35,37)/t30-,31-/m0/s1. The van der Waals surface area contributed by atoms with Crippen LogP contribution in [0.3, 0.4) is 0 Å². The highest BCUT2D eigenvalue weighted by atomic mass is 16.6. The van der Waals surface area contributed by atoms with E-state index < -0.39 is 30.1 Å². The molecule has 7 nitrogen and oxygen atoms in total. The number of carbonyl (C=O) groups excluding carboxylic acids is 3. The van der Waals surface area contributed by atoms with Gasteiger partial charge < -0.3 is 14.8 Å². The van der Waals surface area contributed by atoms with Crippen LogP contribution in [-0.4, -0.2) is 42.1 Å². The zero-order chi connectivity index (χ0) is 28.6. The molecule has 0 bridgehead atoms. The summed E-state index contributed by atoms with van der Waals surface area (Å²) in [4.78, 5) is 41.1. The van der Waals surface area contributed by atoms with Crippen LogP contribution in [0, 0.1) is 0 Å². The van der Waals surface area contributed by atoms with Gasteiger partial charge in [-0.2, -0.15) is 0 Å². The highest BCUT2D eigenvalue weighted by Crippen LogP contribution is 2.25. The molecule has 0 unspecified atom stereocenters. The number of hydrogen-bond acceptors (Lipinski definition) is 5. The van der Waals surface area contributed by atoms with Crippen molar-refractivity contribution in [1.29, 1.82) is 0 Å². The fourth-order valence-corrected chi connectivity index (χ4v) is 5.05. The average Bonchev–Trinajstić information content (AvgIpc) is 3.03. The molecule has 2 atom stereocenters. The number of esters is 1. The van der Waals surface area contributed by atoms with Crippen LogP contribution in [0.1, 0.15) is 22.3 Å². The summed E-state index contributed by atoms with van der Waals surface area (Å²) >= 11 is 0. The van der Waals surface area contributed by atoms with Gasteiger partial charge in [-0.1, -0.05) is 109 Å². The molecule has 0 aromatic heterocycles. The number of hydrogen-bond donors (Lipinski definition) is 1. The Labute approximate surface area is 239 Å². The molecule has 41 heavy (non-hydrogen) atoms. The molecule has 1 heterocycles. The van der Waals surface area contributed by atoms with Crippen LogP contribution in [0.4, 0.5) is 4.79 Å². The van der Waals surface area contributed by atoms with Gasteiger partial charge in [0.25, 0.3) is 0 Å². The molecule has 0 saturated carbocycles. The van der Waals surface area contributed by atoms with E-state index in [0.717, 1.165) is 33.4 Å². The third kappa shape index (κ3) is 6.81. The Morgan fingerprint density at radius 1 is 0.780 bits per heavy atom. The van der Waals surface area contributed by atoms with E-state index in [4.69, 9.17) is 9.47 Å². The maximum absolute atomic E-state index is 13.7. The van der Waals surface area contributed by atoms with Gasteiger partial charge in [0.15, 0.2) is 0 Å². The Morgan fingerprint density at radius 3 is 2.07 bits per heavy atom. The zero-order valence-electron chi connectivity index (χ0n) is 22.9. The van der Waals surface area contributed by atoms with E-state index >= 15 is 0 Å². The van der Waals surface area contributed by atoms with E-state index in [1.807, 2.05) is 109 Å². The predicted octanol–water partition coefficient (Wildman–Crippen LogP) is 5.32. The summed E-state index contributed by atoms with van der Waals surface area (Å²) in [6, 6.07) is 33.2. The van der Waals surface area contributed by atoms with Crippen molar-refractivity contribution in [2.45, 2.75) is 38.1 Å². The summed E-state index contributed by atoms with van der Waals surface area (Å²) < 4.78 is 10.6. The van der Waals surface area contributed by atoms with Crippen molar-refractivity contribution in [3.05, 3.63) is 131 Å². The van der Waals surface area contributed by atoms with Crippen LogP contribution in [0.25, 0.3) is 11.1 Å². The van der Waals surface area contributed by atoms with Crippen molar-refractivity contribution in [3.8, 4) is 11.1 Å². The second kappa shape index (κ2) is 13.0. The molecule has 2 amide bonds. The lowest BCUT2D eigenvalue weighted by Crippen LogP contribution is -2.56. The van der Waals surface area contributed by atoms with E-state index in [-0.39, 0.29) is 19.6 Å². The molecular weight excluding hydrogens is 516 g/mol. The number of benzene rings is 4. The lowest BCUT2D eigenvalue weighted by Gasteiger charge is -2.35. The van der Waals surface area contributed by atoms with Gasteiger partial charge in [0, 0.05) is 12.8 Å². The molecule has 0 aliphatic carbocycles. The number of rotatable bonds is 8. The summed E-state index contributed by atoms with van der Waals surface area (Å²) in [6.07, 6.45) is -0.0354. The minimum Gasteiger partial charge on any atom is -0.467 e. The number of nitrogens with one attached hydrogen (secondary N) is 1. The minimum absolute atomic E-state index is 0.0932. The first-order valence-corrected chi connectivity index (χ1v) is 13.6. The summed E-state index contributed by atoms with van der Waals surface area (Å²) in [5, 5.41) is 2.86. The lowest BCUT2D eigenvalue weighted by molar-refractivity contribution is -0.145. The van der Waals surface area contributed by atoms with E-state index in [1.54, 1.807) is 0 Å². The van der Waals surface area contributed by atoms with Gasteiger partial charge in [-0.3, -0.25) is 9.69 Å². The van der Waals surface area contributed by atoms with Gasteiger partial charge in [-0.25, -0.2) is 9.59 Å². The third-order valence-corrected chi connectivity index (χ3v) is 7.29. The van der Waals surface area contributed by atoms with Gasteiger partial charge in [0.2, 0.25) is 5.91 Å². The van der Waals surface area contributed by atoms with E-state index in [9.17, 15) is 14.4 Å². The van der Waals surface area contributed by atoms with Crippen LogP contribution in [-0.2, 0) is 45.1 Å².